The summed E-state index contributed by atoms with van der Waals surface area (Å²) in [6.07, 6.45) is -0.320. The Hall–Kier alpha value is -1.59. The molecule has 1 aliphatic rings. The minimum Gasteiger partial charge on any atom is -0.447 e. The van der Waals surface area contributed by atoms with E-state index in [1.807, 2.05) is 12.1 Å². The number of carbonyl (C=O) groups excluding carboxylic acids is 1. The Balaban J connectivity index is 2.15. The van der Waals surface area contributed by atoms with E-state index in [0.29, 0.717) is 13.2 Å². The van der Waals surface area contributed by atoms with Gasteiger partial charge in [0.1, 0.15) is 6.61 Å². The van der Waals surface area contributed by atoms with Crippen molar-refractivity contribution in [2.24, 2.45) is 5.73 Å². The SMILES string of the molecule is N[C@@H](CO)c1ccc(N2CCOC2=O)cc1. The number of nitrogens with two attached hydrogens (primary N) is 1. The van der Waals surface area contributed by atoms with Crippen LogP contribution >= 0.6 is 0 Å². The Morgan fingerprint density at radius 3 is 2.62 bits per heavy atom. The van der Waals surface area contributed by atoms with Gasteiger partial charge in [-0.05, 0) is 17.7 Å². The zero-order chi connectivity index (χ0) is 11.5. The van der Waals surface area contributed by atoms with Crippen molar-refractivity contribution < 1.29 is 14.6 Å². The molecule has 1 aromatic rings. The summed E-state index contributed by atoms with van der Waals surface area (Å²) in [4.78, 5) is 12.9. The van der Waals surface area contributed by atoms with Gasteiger partial charge in [-0.25, -0.2) is 4.79 Å². The summed E-state index contributed by atoms with van der Waals surface area (Å²) in [5, 5.41) is 8.90. The van der Waals surface area contributed by atoms with E-state index in [4.69, 9.17) is 15.6 Å². The molecule has 0 radical (unpaired) electrons. The first-order valence-corrected chi connectivity index (χ1v) is 5.13. The quantitative estimate of drug-likeness (QED) is 0.786. The van der Waals surface area contributed by atoms with Gasteiger partial charge in [-0.15, -0.1) is 0 Å². The second-order valence-electron chi connectivity index (χ2n) is 3.65. The Morgan fingerprint density at radius 1 is 1.44 bits per heavy atom. The topological polar surface area (TPSA) is 75.8 Å². The fourth-order valence-electron chi connectivity index (χ4n) is 1.63. The third kappa shape index (κ3) is 2.00. The molecule has 1 atom stereocenters. The minimum absolute atomic E-state index is 0.0922. The normalized spacial score (nSPS) is 17.4. The van der Waals surface area contributed by atoms with Gasteiger partial charge in [0, 0.05) is 5.69 Å². The van der Waals surface area contributed by atoms with Gasteiger partial charge < -0.3 is 15.6 Å². The predicted molar refractivity (Wildman–Crippen MR) is 59.2 cm³/mol. The maximum atomic E-state index is 11.3. The Morgan fingerprint density at radius 2 is 2.12 bits per heavy atom. The van der Waals surface area contributed by atoms with Crippen LogP contribution in [0.5, 0.6) is 0 Å². The molecule has 1 heterocycles. The second kappa shape index (κ2) is 4.51. The maximum Gasteiger partial charge on any atom is 0.414 e. The molecule has 0 unspecified atom stereocenters. The lowest BCUT2D eigenvalue weighted by Gasteiger charge is -2.14. The molecule has 2 rings (SSSR count). The molecular formula is C11H14N2O3. The summed E-state index contributed by atoms with van der Waals surface area (Å²) < 4.78 is 4.84. The zero-order valence-corrected chi connectivity index (χ0v) is 8.80. The fourth-order valence-corrected chi connectivity index (χ4v) is 1.63. The molecule has 0 aliphatic carbocycles. The van der Waals surface area contributed by atoms with Gasteiger partial charge in [-0.1, -0.05) is 12.1 Å². The highest BCUT2D eigenvalue weighted by atomic mass is 16.6. The van der Waals surface area contributed by atoms with Gasteiger partial charge >= 0.3 is 6.09 Å². The maximum absolute atomic E-state index is 11.3. The van der Waals surface area contributed by atoms with Crippen LogP contribution in [0.15, 0.2) is 24.3 Å². The summed E-state index contributed by atoms with van der Waals surface area (Å²) in [6.45, 7) is 0.909. The molecule has 16 heavy (non-hydrogen) atoms. The number of amides is 1. The first-order valence-electron chi connectivity index (χ1n) is 5.13. The summed E-state index contributed by atoms with van der Waals surface area (Å²) >= 11 is 0. The van der Waals surface area contributed by atoms with E-state index in [2.05, 4.69) is 0 Å². The molecule has 0 spiro atoms. The predicted octanol–water partition coefficient (Wildman–Crippen LogP) is 0.635. The highest BCUT2D eigenvalue weighted by Crippen LogP contribution is 2.20. The average Bonchev–Trinajstić information content (AvgIpc) is 2.75. The average molecular weight is 222 g/mol. The van der Waals surface area contributed by atoms with Crippen LogP contribution in [-0.4, -0.2) is 31.0 Å². The van der Waals surface area contributed by atoms with E-state index in [-0.39, 0.29) is 18.7 Å². The molecule has 0 saturated carbocycles. The number of hydrogen-bond donors (Lipinski definition) is 2. The molecule has 1 saturated heterocycles. The molecule has 1 aromatic carbocycles. The van der Waals surface area contributed by atoms with Crippen LogP contribution in [0, 0.1) is 0 Å². The Labute approximate surface area is 93.4 Å². The lowest BCUT2D eigenvalue weighted by molar-refractivity contribution is 0.181. The highest BCUT2D eigenvalue weighted by molar-refractivity contribution is 5.89. The summed E-state index contributed by atoms with van der Waals surface area (Å²) in [5.74, 6) is 0. The number of ether oxygens (including phenoxy) is 1. The van der Waals surface area contributed by atoms with E-state index < -0.39 is 0 Å². The number of aliphatic hydroxyl groups is 1. The van der Waals surface area contributed by atoms with E-state index in [1.54, 1.807) is 17.0 Å². The van der Waals surface area contributed by atoms with Crippen molar-refractivity contribution in [3.05, 3.63) is 29.8 Å². The van der Waals surface area contributed by atoms with Crippen LogP contribution in [0.1, 0.15) is 11.6 Å². The molecule has 1 aliphatic heterocycles. The molecule has 0 bridgehead atoms. The summed E-state index contributed by atoms with van der Waals surface area (Å²) in [5.41, 5.74) is 7.30. The Kier molecular flexibility index (Phi) is 3.07. The number of rotatable bonds is 3. The van der Waals surface area contributed by atoms with Crippen LogP contribution in [0.2, 0.25) is 0 Å². The molecule has 5 heteroatoms. The molecular weight excluding hydrogens is 208 g/mol. The molecule has 1 fully saturated rings. The fraction of sp³-hybridized carbons (Fsp3) is 0.364. The highest BCUT2D eigenvalue weighted by Gasteiger charge is 2.23. The van der Waals surface area contributed by atoms with E-state index in [1.165, 1.54) is 0 Å². The van der Waals surface area contributed by atoms with Crippen LogP contribution in [0.4, 0.5) is 10.5 Å². The van der Waals surface area contributed by atoms with Gasteiger partial charge in [0.25, 0.3) is 0 Å². The standard InChI is InChI=1S/C11H14N2O3/c12-10(7-14)8-1-3-9(4-2-8)13-5-6-16-11(13)15/h1-4,10,14H,5-7,12H2/t10-/m0/s1. The van der Waals surface area contributed by atoms with Crippen molar-refractivity contribution in [1.82, 2.24) is 0 Å². The van der Waals surface area contributed by atoms with Crippen LogP contribution in [-0.2, 0) is 4.74 Å². The number of aliphatic hydroxyl groups excluding tert-OH is 1. The van der Waals surface area contributed by atoms with Crippen molar-refractivity contribution in [3.63, 3.8) is 0 Å². The first kappa shape index (κ1) is 10.9. The number of nitrogens with zero attached hydrogens (tertiary/aromatic N) is 1. The smallest absolute Gasteiger partial charge is 0.414 e. The molecule has 86 valence electrons. The van der Waals surface area contributed by atoms with Gasteiger partial charge in [-0.2, -0.15) is 0 Å². The summed E-state index contributed by atoms with van der Waals surface area (Å²) in [6, 6.07) is 6.85. The summed E-state index contributed by atoms with van der Waals surface area (Å²) in [7, 11) is 0. The zero-order valence-electron chi connectivity index (χ0n) is 8.80. The lowest BCUT2D eigenvalue weighted by Crippen LogP contribution is -2.23. The van der Waals surface area contributed by atoms with Crippen molar-refractivity contribution in [1.29, 1.82) is 0 Å². The van der Waals surface area contributed by atoms with Crippen LogP contribution < -0.4 is 10.6 Å². The van der Waals surface area contributed by atoms with Gasteiger partial charge in [-0.3, -0.25) is 4.90 Å². The van der Waals surface area contributed by atoms with Gasteiger partial charge in [0.2, 0.25) is 0 Å². The number of cyclic esters (lactones) is 1. The second-order valence-corrected chi connectivity index (χ2v) is 3.65. The van der Waals surface area contributed by atoms with Crippen molar-refractivity contribution in [3.8, 4) is 0 Å². The van der Waals surface area contributed by atoms with E-state index in [9.17, 15) is 4.79 Å². The van der Waals surface area contributed by atoms with Crippen molar-refractivity contribution in [2.45, 2.75) is 6.04 Å². The molecule has 0 aromatic heterocycles. The van der Waals surface area contributed by atoms with E-state index in [0.717, 1.165) is 11.3 Å². The minimum atomic E-state index is -0.375. The lowest BCUT2D eigenvalue weighted by atomic mass is 10.1. The third-order valence-corrected chi connectivity index (χ3v) is 2.59. The van der Waals surface area contributed by atoms with Gasteiger partial charge in [0.05, 0.1) is 19.2 Å². The molecule has 5 nitrogen and oxygen atoms in total. The monoisotopic (exact) mass is 222 g/mol. The number of anilines is 1. The van der Waals surface area contributed by atoms with Crippen molar-refractivity contribution in [2.75, 3.05) is 24.7 Å². The van der Waals surface area contributed by atoms with Crippen LogP contribution in [0.25, 0.3) is 0 Å². The van der Waals surface area contributed by atoms with E-state index >= 15 is 0 Å². The Bertz CT molecular complexity index is 377. The van der Waals surface area contributed by atoms with Crippen LogP contribution in [0.3, 0.4) is 0 Å². The number of hydrogen-bond acceptors (Lipinski definition) is 4. The van der Waals surface area contributed by atoms with Crippen molar-refractivity contribution >= 4 is 11.8 Å². The third-order valence-electron chi connectivity index (χ3n) is 2.59. The molecule has 1 amide bonds. The number of carbonyl (C=O) groups is 1. The molecule has 3 N–H and O–H groups in total. The number of benzene rings is 1. The first-order chi connectivity index (χ1) is 7.72. The van der Waals surface area contributed by atoms with Gasteiger partial charge in [0.15, 0.2) is 0 Å². The largest absolute Gasteiger partial charge is 0.447 e.